The van der Waals surface area contributed by atoms with E-state index in [0.29, 0.717) is 9.34 Å². The lowest BCUT2D eigenvalue weighted by atomic mass is 10.2. The fourth-order valence-electron chi connectivity index (χ4n) is 1.48. The van der Waals surface area contributed by atoms with Crippen LogP contribution in [0.5, 0.6) is 0 Å². The van der Waals surface area contributed by atoms with E-state index < -0.39 is 0 Å². The fourth-order valence-corrected chi connectivity index (χ4v) is 3.09. The summed E-state index contributed by atoms with van der Waals surface area (Å²) in [5, 5.41) is 0.547. The molecule has 0 unspecified atom stereocenters. The van der Waals surface area contributed by atoms with Crippen LogP contribution in [0.4, 0.5) is 5.69 Å². The molecule has 1 heterocycles. The molecule has 1 saturated heterocycles. The van der Waals surface area contributed by atoms with Crippen LogP contribution in [0, 0.1) is 6.92 Å². The van der Waals surface area contributed by atoms with Crippen molar-refractivity contribution < 1.29 is 4.79 Å². The summed E-state index contributed by atoms with van der Waals surface area (Å²) in [5.41, 5.74) is 1.74. The highest BCUT2D eigenvalue weighted by molar-refractivity contribution is 8.25. The number of halogens is 1. The van der Waals surface area contributed by atoms with Crippen molar-refractivity contribution in [3.8, 4) is 0 Å². The minimum atomic E-state index is -0.104. The van der Waals surface area contributed by atoms with Gasteiger partial charge in [-0.1, -0.05) is 41.6 Å². The molecule has 0 bridgehead atoms. The number of thioether (sulfide) groups is 1. The summed E-state index contributed by atoms with van der Waals surface area (Å²) in [7, 11) is 0. The van der Waals surface area contributed by atoms with Crippen LogP contribution in [0.15, 0.2) is 18.2 Å². The van der Waals surface area contributed by atoms with E-state index in [2.05, 4.69) is 0 Å². The number of benzene rings is 1. The first-order valence-corrected chi connectivity index (χ1v) is 6.48. The molecule has 0 aliphatic carbocycles. The van der Waals surface area contributed by atoms with Gasteiger partial charge in [-0.05, 0) is 31.5 Å². The predicted octanol–water partition coefficient (Wildman–Crippen LogP) is 3.40. The smallest absolute Gasteiger partial charge is 0.245 e. The van der Waals surface area contributed by atoms with Gasteiger partial charge in [-0.2, -0.15) is 0 Å². The number of hydrogen-bond donors (Lipinski definition) is 0. The SMILES string of the molecule is Cc1ccc(N2C(=O)[C@@H](C)SC2=S)cc1Cl. The van der Waals surface area contributed by atoms with Gasteiger partial charge < -0.3 is 0 Å². The number of carbonyl (C=O) groups is 1. The summed E-state index contributed by atoms with van der Waals surface area (Å²) in [5.74, 6) is 0.0231. The molecule has 1 aliphatic rings. The summed E-state index contributed by atoms with van der Waals surface area (Å²) in [6.07, 6.45) is 0. The quantitative estimate of drug-likeness (QED) is 0.730. The molecule has 1 aliphatic heterocycles. The molecular weight excluding hydrogens is 262 g/mol. The Balaban J connectivity index is 2.41. The number of hydrogen-bond acceptors (Lipinski definition) is 3. The van der Waals surface area contributed by atoms with Crippen molar-refractivity contribution in [3.63, 3.8) is 0 Å². The summed E-state index contributed by atoms with van der Waals surface area (Å²) in [4.78, 5) is 13.4. The van der Waals surface area contributed by atoms with Crippen molar-refractivity contribution in [1.82, 2.24) is 0 Å². The Labute approximate surface area is 109 Å². The average Bonchev–Trinajstić information content (AvgIpc) is 2.47. The maximum atomic E-state index is 11.9. The predicted molar refractivity (Wildman–Crippen MR) is 73.3 cm³/mol. The molecule has 0 aromatic heterocycles. The molecule has 1 aromatic rings. The number of amides is 1. The molecule has 0 spiro atoms. The topological polar surface area (TPSA) is 20.3 Å². The number of carbonyl (C=O) groups excluding carboxylic acids is 1. The molecule has 16 heavy (non-hydrogen) atoms. The summed E-state index contributed by atoms with van der Waals surface area (Å²) < 4.78 is 0.595. The molecule has 1 aromatic carbocycles. The molecule has 2 rings (SSSR count). The van der Waals surface area contributed by atoms with Gasteiger partial charge in [0.15, 0.2) is 0 Å². The zero-order valence-corrected chi connectivity index (χ0v) is 11.2. The molecule has 0 saturated carbocycles. The van der Waals surface area contributed by atoms with E-state index in [0.717, 1.165) is 11.3 Å². The van der Waals surface area contributed by atoms with E-state index in [9.17, 15) is 4.79 Å². The third-order valence-electron chi connectivity index (χ3n) is 2.44. The van der Waals surface area contributed by atoms with Gasteiger partial charge in [0.2, 0.25) is 5.91 Å². The monoisotopic (exact) mass is 271 g/mol. The highest BCUT2D eigenvalue weighted by Gasteiger charge is 2.34. The lowest BCUT2D eigenvalue weighted by Gasteiger charge is -2.16. The highest BCUT2D eigenvalue weighted by Crippen LogP contribution is 2.33. The molecule has 0 radical (unpaired) electrons. The number of aryl methyl sites for hydroxylation is 1. The Morgan fingerprint density at radius 1 is 1.50 bits per heavy atom. The molecule has 1 amide bonds. The Morgan fingerprint density at radius 3 is 2.69 bits per heavy atom. The van der Waals surface area contributed by atoms with Crippen LogP contribution in [0.2, 0.25) is 5.02 Å². The van der Waals surface area contributed by atoms with Crippen molar-refractivity contribution in [1.29, 1.82) is 0 Å². The number of rotatable bonds is 1. The van der Waals surface area contributed by atoms with Crippen LogP contribution in [0.25, 0.3) is 0 Å². The van der Waals surface area contributed by atoms with Gasteiger partial charge in [0, 0.05) is 5.02 Å². The third kappa shape index (κ3) is 1.97. The fraction of sp³-hybridized carbons (Fsp3) is 0.273. The van der Waals surface area contributed by atoms with Crippen molar-refractivity contribution in [2.24, 2.45) is 0 Å². The molecule has 84 valence electrons. The van der Waals surface area contributed by atoms with Gasteiger partial charge >= 0.3 is 0 Å². The molecular formula is C11H10ClNOS2. The van der Waals surface area contributed by atoms with Gasteiger partial charge in [-0.25, -0.2) is 0 Å². The van der Waals surface area contributed by atoms with Gasteiger partial charge in [0.05, 0.1) is 10.9 Å². The van der Waals surface area contributed by atoms with Gasteiger partial charge in [-0.3, -0.25) is 9.69 Å². The molecule has 1 atom stereocenters. The first-order valence-electron chi connectivity index (χ1n) is 4.81. The van der Waals surface area contributed by atoms with Crippen molar-refractivity contribution >= 4 is 51.5 Å². The van der Waals surface area contributed by atoms with E-state index in [-0.39, 0.29) is 11.2 Å². The normalized spacial score (nSPS) is 20.7. The van der Waals surface area contributed by atoms with E-state index in [4.69, 9.17) is 23.8 Å². The molecule has 2 nitrogen and oxygen atoms in total. The lowest BCUT2D eigenvalue weighted by molar-refractivity contribution is -0.116. The minimum absolute atomic E-state index is 0.0231. The maximum absolute atomic E-state index is 11.9. The summed E-state index contributed by atoms with van der Waals surface area (Å²) in [6, 6.07) is 5.53. The van der Waals surface area contributed by atoms with Crippen molar-refractivity contribution in [2.75, 3.05) is 4.90 Å². The van der Waals surface area contributed by atoms with E-state index in [1.54, 1.807) is 11.0 Å². The number of anilines is 1. The van der Waals surface area contributed by atoms with Crippen molar-refractivity contribution in [2.45, 2.75) is 19.1 Å². The molecule has 5 heteroatoms. The van der Waals surface area contributed by atoms with Gasteiger partial charge in [-0.15, -0.1) is 0 Å². The minimum Gasteiger partial charge on any atom is -0.273 e. The van der Waals surface area contributed by atoms with Crippen LogP contribution in [0.3, 0.4) is 0 Å². The van der Waals surface area contributed by atoms with E-state index in [1.807, 2.05) is 26.0 Å². The Morgan fingerprint density at radius 2 is 2.19 bits per heavy atom. The zero-order valence-electron chi connectivity index (χ0n) is 8.86. The second kappa shape index (κ2) is 4.35. The number of nitrogens with zero attached hydrogens (tertiary/aromatic N) is 1. The largest absolute Gasteiger partial charge is 0.273 e. The third-order valence-corrected chi connectivity index (χ3v) is 4.26. The molecule has 0 N–H and O–H groups in total. The van der Waals surface area contributed by atoms with Crippen LogP contribution in [0.1, 0.15) is 12.5 Å². The van der Waals surface area contributed by atoms with E-state index in [1.165, 1.54) is 11.8 Å². The Hall–Kier alpha value is -0.580. The first kappa shape index (κ1) is 11.9. The second-order valence-corrected chi connectivity index (χ2v) is 6.01. The van der Waals surface area contributed by atoms with Crippen LogP contribution >= 0.6 is 35.6 Å². The number of thiocarbonyl (C=S) groups is 1. The average molecular weight is 272 g/mol. The highest BCUT2D eigenvalue weighted by atomic mass is 35.5. The lowest BCUT2D eigenvalue weighted by Crippen LogP contribution is -2.30. The van der Waals surface area contributed by atoms with Crippen molar-refractivity contribution in [3.05, 3.63) is 28.8 Å². The van der Waals surface area contributed by atoms with Crippen LogP contribution in [-0.4, -0.2) is 15.5 Å². The van der Waals surface area contributed by atoms with Crippen LogP contribution in [-0.2, 0) is 4.79 Å². The van der Waals surface area contributed by atoms with Gasteiger partial charge in [0.1, 0.15) is 4.32 Å². The molecule has 1 fully saturated rings. The van der Waals surface area contributed by atoms with Crippen LogP contribution < -0.4 is 4.90 Å². The standard InChI is InChI=1S/C11H10ClNOS2/c1-6-3-4-8(5-9(6)12)13-10(14)7(2)16-11(13)15/h3-5,7H,1-2H3/t7-/m1/s1. The maximum Gasteiger partial charge on any atom is 0.245 e. The zero-order chi connectivity index (χ0) is 11.9. The Bertz CT molecular complexity index is 475. The second-order valence-electron chi connectivity index (χ2n) is 3.63. The summed E-state index contributed by atoms with van der Waals surface area (Å²) in [6.45, 7) is 3.78. The van der Waals surface area contributed by atoms with Gasteiger partial charge in [0.25, 0.3) is 0 Å². The van der Waals surface area contributed by atoms with E-state index >= 15 is 0 Å². The summed E-state index contributed by atoms with van der Waals surface area (Å²) >= 11 is 12.6. The Kier molecular flexibility index (Phi) is 3.24. The first-order chi connectivity index (χ1) is 7.50.